The Bertz CT molecular complexity index is 710. The van der Waals surface area contributed by atoms with Crippen LogP contribution in [0.25, 0.3) is 0 Å². The van der Waals surface area contributed by atoms with Gasteiger partial charge in [-0.1, -0.05) is 18.6 Å². The van der Waals surface area contributed by atoms with Crippen LogP contribution in [0.4, 0.5) is 0 Å². The summed E-state index contributed by atoms with van der Waals surface area (Å²) in [6.45, 7) is 4.50. The van der Waals surface area contributed by atoms with Crippen LogP contribution in [0, 0.1) is 6.92 Å². The molecule has 0 saturated carbocycles. The number of rotatable bonds is 6. The highest BCUT2D eigenvalue weighted by Crippen LogP contribution is 2.26. The molecule has 1 atom stereocenters. The molecular formula is C20H26N4O2. The van der Waals surface area contributed by atoms with Gasteiger partial charge in [-0.05, 0) is 50.6 Å². The van der Waals surface area contributed by atoms with Gasteiger partial charge in [0.2, 0.25) is 0 Å². The number of nitrogens with one attached hydrogen (secondary N) is 1. The molecule has 6 heteroatoms. The van der Waals surface area contributed by atoms with Gasteiger partial charge in [0.05, 0.1) is 25.0 Å². The average molecular weight is 354 g/mol. The molecule has 0 spiro atoms. The molecule has 0 unspecified atom stereocenters. The summed E-state index contributed by atoms with van der Waals surface area (Å²) in [5, 5.41) is 3.03. The Kier molecular flexibility index (Phi) is 6.17. The maximum absolute atomic E-state index is 12.4. The number of likely N-dealkylation sites (tertiary alicyclic amines) is 1. The van der Waals surface area contributed by atoms with Crippen molar-refractivity contribution >= 4 is 5.91 Å². The van der Waals surface area contributed by atoms with Gasteiger partial charge in [-0.25, -0.2) is 4.98 Å². The number of amides is 1. The van der Waals surface area contributed by atoms with E-state index in [1.165, 1.54) is 31.0 Å². The molecule has 0 aliphatic carbocycles. The molecule has 3 rings (SSSR count). The number of aromatic nitrogens is 2. The molecule has 1 amide bonds. The Labute approximate surface area is 154 Å². The smallest absolute Gasteiger partial charge is 0.271 e. The molecule has 2 aromatic rings. The van der Waals surface area contributed by atoms with Crippen LogP contribution < -0.4 is 10.1 Å². The van der Waals surface area contributed by atoms with Crippen LogP contribution in [0.15, 0.2) is 36.7 Å². The zero-order valence-corrected chi connectivity index (χ0v) is 15.4. The predicted octanol–water partition coefficient (Wildman–Crippen LogP) is 2.75. The summed E-state index contributed by atoms with van der Waals surface area (Å²) >= 11 is 0. The number of aryl methyl sites for hydroxylation is 1. The van der Waals surface area contributed by atoms with E-state index < -0.39 is 0 Å². The minimum atomic E-state index is -0.187. The molecule has 1 aliphatic rings. The van der Waals surface area contributed by atoms with Gasteiger partial charge in [-0.2, -0.15) is 0 Å². The first-order valence-corrected chi connectivity index (χ1v) is 9.12. The van der Waals surface area contributed by atoms with Crippen LogP contribution in [0.3, 0.4) is 0 Å². The number of methoxy groups -OCH3 is 1. The fourth-order valence-corrected chi connectivity index (χ4v) is 3.30. The van der Waals surface area contributed by atoms with Gasteiger partial charge in [-0.15, -0.1) is 0 Å². The summed E-state index contributed by atoms with van der Waals surface area (Å²) < 4.78 is 5.26. The summed E-state index contributed by atoms with van der Waals surface area (Å²) in [4.78, 5) is 23.2. The summed E-state index contributed by atoms with van der Waals surface area (Å²) in [6.07, 6.45) is 6.81. The third-order valence-corrected chi connectivity index (χ3v) is 4.80. The van der Waals surface area contributed by atoms with Gasteiger partial charge in [0, 0.05) is 12.7 Å². The van der Waals surface area contributed by atoms with Crippen molar-refractivity contribution < 1.29 is 9.53 Å². The maximum Gasteiger partial charge on any atom is 0.271 e. The largest absolute Gasteiger partial charge is 0.497 e. The lowest BCUT2D eigenvalue weighted by molar-refractivity contribution is 0.0919. The second kappa shape index (κ2) is 8.76. The van der Waals surface area contributed by atoms with Crippen molar-refractivity contribution in [2.75, 3.05) is 26.7 Å². The fourth-order valence-electron chi connectivity index (χ4n) is 3.30. The number of benzene rings is 1. The minimum Gasteiger partial charge on any atom is -0.497 e. The molecule has 1 aromatic carbocycles. The molecule has 2 heterocycles. The fraction of sp³-hybridized carbons (Fsp3) is 0.450. The van der Waals surface area contributed by atoms with Gasteiger partial charge in [0.25, 0.3) is 5.91 Å². The highest BCUT2D eigenvalue weighted by molar-refractivity contribution is 5.91. The summed E-state index contributed by atoms with van der Waals surface area (Å²) in [7, 11) is 1.67. The second-order valence-electron chi connectivity index (χ2n) is 6.64. The Morgan fingerprint density at radius 1 is 1.15 bits per heavy atom. The number of hydrogen-bond acceptors (Lipinski definition) is 5. The SMILES string of the molecule is COc1ccc([C@@H](CNC(=O)c2cnc(C)cn2)N2CCCCC2)cc1. The molecule has 1 saturated heterocycles. The molecule has 26 heavy (non-hydrogen) atoms. The number of hydrogen-bond donors (Lipinski definition) is 1. The van der Waals surface area contributed by atoms with Crippen LogP contribution in [-0.4, -0.2) is 47.5 Å². The van der Waals surface area contributed by atoms with Gasteiger partial charge in [0.1, 0.15) is 11.4 Å². The minimum absolute atomic E-state index is 0.142. The highest BCUT2D eigenvalue weighted by Gasteiger charge is 2.23. The van der Waals surface area contributed by atoms with Crippen molar-refractivity contribution in [3.8, 4) is 5.75 Å². The van der Waals surface area contributed by atoms with E-state index in [0.29, 0.717) is 12.2 Å². The van der Waals surface area contributed by atoms with E-state index in [0.717, 1.165) is 24.5 Å². The Hall–Kier alpha value is -2.47. The second-order valence-corrected chi connectivity index (χ2v) is 6.64. The molecule has 0 bridgehead atoms. The first kappa shape index (κ1) is 18.3. The molecule has 138 valence electrons. The van der Waals surface area contributed by atoms with Gasteiger partial charge >= 0.3 is 0 Å². The lowest BCUT2D eigenvalue weighted by atomic mass is 10.0. The Morgan fingerprint density at radius 2 is 1.88 bits per heavy atom. The lowest BCUT2D eigenvalue weighted by Gasteiger charge is -2.35. The van der Waals surface area contributed by atoms with E-state index >= 15 is 0 Å². The van der Waals surface area contributed by atoms with E-state index in [1.807, 2.05) is 19.1 Å². The molecule has 1 N–H and O–H groups in total. The van der Waals surface area contributed by atoms with E-state index in [4.69, 9.17) is 4.74 Å². The zero-order valence-electron chi connectivity index (χ0n) is 15.4. The van der Waals surface area contributed by atoms with Crippen molar-refractivity contribution in [1.29, 1.82) is 0 Å². The van der Waals surface area contributed by atoms with Crippen LogP contribution in [-0.2, 0) is 0 Å². The molecule has 0 radical (unpaired) electrons. The molecule has 1 aliphatic heterocycles. The van der Waals surface area contributed by atoms with E-state index in [-0.39, 0.29) is 11.9 Å². The highest BCUT2D eigenvalue weighted by atomic mass is 16.5. The maximum atomic E-state index is 12.4. The first-order valence-electron chi connectivity index (χ1n) is 9.12. The van der Waals surface area contributed by atoms with Gasteiger partial charge in [-0.3, -0.25) is 14.7 Å². The Balaban J connectivity index is 1.72. The zero-order chi connectivity index (χ0) is 18.4. The normalized spacial score (nSPS) is 16.1. The van der Waals surface area contributed by atoms with Gasteiger partial charge in [0.15, 0.2) is 0 Å². The van der Waals surface area contributed by atoms with Crippen molar-refractivity contribution in [3.05, 3.63) is 53.6 Å². The molecule has 6 nitrogen and oxygen atoms in total. The third kappa shape index (κ3) is 4.58. The summed E-state index contributed by atoms with van der Waals surface area (Å²) in [5.41, 5.74) is 2.33. The van der Waals surface area contributed by atoms with Gasteiger partial charge < -0.3 is 10.1 Å². The van der Waals surface area contributed by atoms with Crippen molar-refractivity contribution in [3.63, 3.8) is 0 Å². The average Bonchev–Trinajstić information content (AvgIpc) is 2.70. The van der Waals surface area contributed by atoms with Crippen LogP contribution >= 0.6 is 0 Å². The summed E-state index contributed by atoms with van der Waals surface area (Å²) in [5.74, 6) is 0.651. The monoisotopic (exact) mass is 354 g/mol. The van der Waals surface area contributed by atoms with E-state index in [2.05, 4.69) is 32.3 Å². The lowest BCUT2D eigenvalue weighted by Crippen LogP contribution is -2.40. The summed E-state index contributed by atoms with van der Waals surface area (Å²) in [6, 6.07) is 8.24. The first-order chi connectivity index (χ1) is 12.7. The van der Waals surface area contributed by atoms with E-state index in [1.54, 1.807) is 13.3 Å². The standard InChI is InChI=1S/C20H26N4O2/c1-15-12-22-18(13-21-15)20(25)23-14-19(24-10-4-3-5-11-24)16-6-8-17(26-2)9-7-16/h6-9,12-13,19H,3-5,10-11,14H2,1-2H3,(H,23,25)/t19-/m1/s1. The molecule has 1 fully saturated rings. The van der Waals surface area contributed by atoms with Crippen LogP contribution in [0.1, 0.15) is 47.1 Å². The molecular weight excluding hydrogens is 328 g/mol. The number of nitrogens with zero attached hydrogens (tertiary/aromatic N) is 3. The third-order valence-electron chi connectivity index (χ3n) is 4.80. The molecule has 1 aromatic heterocycles. The number of ether oxygens (including phenoxy) is 1. The van der Waals surface area contributed by atoms with Crippen LogP contribution in [0.5, 0.6) is 5.75 Å². The number of carbonyl (C=O) groups is 1. The van der Waals surface area contributed by atoms with Crippen molar-refractivity contribution in [1.82, 2.24) is 20.2 Å². The van der Waals surface area contributed by atoms with Crippen LogP contribution in [0.2, 0.25) is 0 Å². The predicted molar refractivity (Wildman–Crippen MR) is 100 cm³/mol. The number of piperidine rings is 1. The Morgan fingerprint density at radius 3 is 2.50 bits per heavy atom. The van der Waals surface area contributed by atoms with Crippen molar-refractivity contribution in [2.24, 2.45) is 0 Å². The topological polar surface area (TPSA) is 67.3 Å². The number of carbonyl (C=O) groups excluding carboxylic acids is 1. The quantitative estimate of drug-likeness (QED) is 0.864. The van der Waals surface area contributed by atoms with Crippen molar-refractivity contribution in [2.45, 2.75) is 32.2 Å². The van der Waals surface area contributed by atoms with E-state index in [9.17, 15) is 4.79 Å².